The normalized spacial score (nSPS) is 10.7. The number of aliphatic hydroxyl groups excluding tert-OH is 1. The van der Waals surface area contributed by atoms with Gasteiger partial charge in [0, 0.05) is 25.0 Å². The zero-order chi connectivity index (χ0) is 15.4. The molecule has 1 N–H and O–H groups in total. The Morgan fingerprint density at radius 2 is 2.14 bits per heavy atom. The first-order valence-corrected chi connectivity index (χ1v) is 6.96. The third-order valence-corrected chi connectivity index (χ3v) is 3.26. The summed E-state index contributed by atoms with van der Waals surface area (Å²) in [6.07, 6.45) is 1.55. The molecule has 0 aliphatic carbocycles. The molecule has 0 atom stereocenters. The quantitative estimate of drug-likeness (QED) is 0.901. The van der Waals surface area contributed by atoms with Gasteiger partial charge in [0.2, 0.25) is 0 Å². The van der Waals surface area contributed by atoms with Crippen molar-refractivity contribution in [3.05, 3.63) is 41.3 Å². The fourth-order valence-electron chi connectivity index (χ4n) is 2.21. The maximum atomic E-state index is 12.2. The molecule has 2 rings (SSSR count). The fourth-order valence-corrected chi connectivity index (χ4v) is 2.21. The highest BCUT2D eigenvalue weighted by molar-refractivity contribution is 5.94. The molecule has 112 valence electrons. The van der Waals surface area contributed by atoms with E-state index in [1.165, 1.54) is 0 Å². The number of hydrogen-bond acceptors (Lipinski definition) is 4. The number of rotatable bonds is 5. The van der Waals surface area contributed by atoms with E-state index in [1.54, 1.807) is 27.9 Å². The highest BCUT2D eigenvalue weighted by Gasteiger charge is 2.14. The minimum atomic E-state index is -0.126. The van der Waals surface area contributed by atoms with Gasteiger partial charge in [0.15, 0.2) is 5.82 Å². The van der Waals surface area contributed by atoms with E-state index >= 15 is 0 Å². The van der Waals surface area contributed by atoms with E-state index < -0.39 is 0 Å². The number of carbonyl (C=O) groups excluding carboxylic acids is 1. The van der Waals surface area contributed by atoms with Crippen molar-refractivity contribution in [2.45, 2.75) is 20.8 Å². The molecule has 0 aliphatic heterocycles. The van der Waals surface area contributed by atoms with E-state index in [-0.39, 0.29) is 12.5 Å². The van der Waals surface area contributed by atoms with E-state index in [2.05, 4.69) is 10.1 Å². The number of carbonyl (C=O) groups is 1. The van der Waals surface area contributed by atoms with E-state index in [0.29, 0.717) is 24.5 Å². The predicted octanol–water partition coefficient (Wildman–Crippen LogP) is 1.34. The van der Waals surface area contributed by atoms with E-state index in [0.717, 1.165) is 11.4 Å². The molecule has 2 aromatic rings. The van der Waals surface area contributed by atoms with Crippen molar-refractivity contribution in [1.29, 1.82) is 0 Å². The third-order valence-electron chi connectivity index (χ3n) is 3.26. The second kappa shape index (κ2) is 6.49. The monoisotopic (exact) mass is 288 g/mol. The molecule has 2 aromatic heterocycles. The highest BCUT2D eigenvalue weighted by atomic mass is 16.3. The average molecular weight is 288 g/mol. The molecule has 0 radical (unpaired) electrons. The predicted molar refractivity (Wildman–Crippen MR) is 79.5 cm³/mol. The van der Waals surface area contributed by atoms with Gasteiger partial charge in [-0.05, 0) is 39.0 Å². The van der Waals surface area contributed by atoms with Gasteiger partial charge in [0.05, 0.1) is 17.9 Å². The Hall–Kier alpha value is -2.21. The van der Waals surface area contributed by atoms with Gasteiger partial charge in [-0.3, -0.25) is 4.79 Å². The van der Waals surface area contributed by atoms with Gasteiger partial charge in [-0.1, -0.05) is 0 Å². The van der Waals surface area contributed by atoms with Crippen molar-refractivity contribution in [3.63, 3.8) is 0 Å². The van der Waals surface area contributed by atoms with Crippen molar-refractivity contribution < 1.29 is 9.90 Å². The van der Waals surface area contributed by atoms with Crippen LogP contribution in [0.5, 0.6) is 0 Å². The summed E-state index contributed by atoms with van der Waals surface area (Å²) in [4.78, 5) is 18.1. The first-order chi connectivity index (χ1) is 10.1. The summed E-state index contributed by atoms with van der Waals surface area (Å²) in [7, 11) is 0. The zero-order valence-corrected chi connectivity index (χ0v) is 12.6. The average Bonchev–Trinajstić information content (AvgIpc) is 2.83. The van der Waals surface area contributed by atoms with Gasteiger partial charge >= 0.3 is 0 Å². The van der Waals surface area contributed by atoms with Crippen LogP contribution in [-0.4, -0.2) is 50.4 Å². The molecule has 0 bridgehead atoms. The largest absolute Gasteiger partial charge is 0.395 e. The van der Waals surface area contributed by atoms with Gasteiger partial charge in [0.25, 0.3) is 5.91 Å². The van der Waals surface area contributed by atoms with Crippen LogP contribution in [0.4, 0.5) is 0 Å². The van der Waals surface area contributed by atoms with Crippen LogP contribution in [0.1, 0.15) is 28.7 Å². The van der Waals surface area contributed by atoms with E-state index in [9.17, 15) is 4.79 Å². The molecule has 6 heteroatoms. The molecule has 0 saturated heterocycles. The van der Waals surface area contributed by atoms with Crippen LogP contribution in [0, 0.1) is 13.8 Å². The summed E-state index contributed by atoms with van der Waals surface area (Å²) in [6, 6.07) is 5.49. The summed E-state index contributed by atoms with van der Waals surface area (Å²) in [5, 5.41) is 13.3. The number of pyridine rings is 1. The van der Waals surface area contributed by atoms with Crippen molar-refractivity contribution in [3.8, 4) is 5.82 Å². The van der Waals surface area contributed by atoms with Crippen molar-refractivity contribution in [2.75, 3.05) is 19.7 Å². The topological polar surface area (TPSA) is 71.2 Å². The molecule has 21 heavy (non-hydrogen) atoms. The lowest BCUT2D eigenvalue weighted by Crippen LogP contribution is -2.33. The van der Waals surface area contributed by atoms with Gasteiger partial charge in [0.1, 0.15) is 0 Å². The summed E-state index contributed by atoms with van der Waals surface area (Å²) in [6.45, 7) is 6.60. The summed E-state index contributed by atoms with van der Waals surface area (Å²) in [5.41, 5.74) is 2.43. The Labute approximate surface area is 124 Å². The minimum Gasteiger partial charge on any atom is -0.395 e. The lowest BCUT2D eigenvalue weighted by molar-refractivity contribution is 0.0731. The minimum absolute atomic E-state index is 0.0448. The molecule has 0 aromatic carbocycles. The zero-order valence-electron chi connectivity index (χ0n) is 12.6. The van der Waals surface area contributed by atoms with Crippen LogP contribution < -0.4 is 0 Å². The number of aromatic nitrogens is 3. The molecule has 0 aliphatic rings. The second-order valence-electron chi connectivity index (χ2n) is 4.85. The van der Waals surface area contributed by atoms with Crippen LogP contribution >= 0.6 is 0 Å². The SMILES string of the molecule is CCN(CCO)C(=O)c1ccc(-n2nc(C)cc2C)nc1. The molecule has 0 fully saturated rings. The Kier molecular flexibility index (Phi) is 4.70. The van der Waals surface area contributed by atoms with E-state index in [1.807, 2.05) is 26.8 Å². The molecule has 6 nitrogen and oxygen atoms in total. The lowest BCUT2D eigenvalue weighted by Gasteiger charge is -2.19. The first kappa shape index (κ1) is 15.2. The Bertz CT molecular complexity index is 619. The maximum Gasteiger partial charge on any atom is 0.255 e. The number of nitrogens with zero attached hydrogens (tertiary/aromatic N) is 4. The van der Waals surface area contributed by atoms with Crippen molar-refractivity contribution in [2.24, 2.45) is 0 Å². The number of hydrogen-bond donors (Lipinski definition) is 1. The standard InChI is InChI=1S/C15H20N4O2/c1-4-18(7-8-20)15(21)13-5-6-14(16-10-13)19-12(3)9-11(2)17-19/h5-6,9-10,20H,4,7-8H2,1-3H3. The van der Waals surface area contributed by atoms with Gasteiger partial charge in [-0.25, -0.2) is 9.67 Å². The molecule has 2 heterocycles. The number of aliphatic hydroxyl groups is 1. The van der Waals surface area contributed by atoms with Crippen LogP contribution in [0.3, 0.4) is 0 Å². The van der Waals surface area contributed by atoms with Crippen molar-refractivity contribution >= 4 is 5.91 Å². The smallest absolute Gasteiger partial charge is 0.255 e. The molecule has 0 saturated carbocycles. The first-order valence-electron chi connectivity index (χ1n) is 6.96. The molecule has 1 amide bonds. The Morgan fingerprint density at radius 1 is 1.38 bits per heavy atom. The Balaban J connectivity index is 2.22. The third kappa shape index (κ3) is 3.28. The molecular weight excluding hydrogens is 268 g/mol. The maximum absolute atomic E-state index is 12.2. The molecular formula is C15H20N4O2. The number of likely N-dealkylation sites (N-methyl/N-ethyl adjacent to an activating group) is 1. The van der Waals surface area contributed by atoms with Gasteiger partial charge in [-0.15, -0.1) is 0 Å². The molecule has 0 unspecified atom stereocenters. The van der Waals surface area contributed by atoms with Crippen LogP contribution in [0.25, 0.3) is 5.82 Å². The summed E-state index contributed by atoms with van der Waals surface area (Å²) < 4.78 is 1.74. The van der Waals surface area contributed by atoms with E-state index in [4.69, 9.17) is 5.11 Å². The lowest BCUT2D eigenvalue weighted by atomic mass is 10.2. The summed E-state index contributed by atoms with van der Waals surface area (Å²) in [5.74, 6) is 0.557. The van der Waals surface area contributed by atoms with Gasteiger partial charge < -0.3 is 10.0 Å². The van der Waals surface area contributed by atoms with Gasteiger partial charge in [-0.2, -0.15) is 5.10 Å². The van der Waals surface area contributed by atoms with Crippen molar-refractivity contribution in [1.82, 2.24) is 19.7 Å². The molecule has 0 spiro atoms. The summed E-state index contributed by atoms with van der Waals surface area (Å²) >= 11 is 0. The van der Waals surface area contributed by atoms with Crippen LogP contribution in [0.15, 0.2) is 24.4 Å². The number of amides is 1. The van der Waals surface area contributed by atoms with Crippen LogP contribution in [-0.2, 0) is 0 Å². The van der Waals surface area contributed by atoms with Crippen LogP contribution in [0.2, 0.25) is 0 Å². The second-order valence-corrected chi connectivity index (χ2v) is 4.85. The fraction of sp³-hybridized carbons (Fsp3) is 0.400. The number of aryl methyl sites for hydroxylation is 2. The Morgan fingerprint density at radius 3 is 2.62 bits per heavy atom. The highest BCUT2D eigenvalue weighted by Crippen LogP contribution is 2.11.